The van der Waals surface area contributed by atoms with Crippen molar-refractivity contribution in [3.8, 4) is 0 Å². The van der Waals surface area contributed by atoms with Gasteiger partial charge in [0.2, 0.25) is 0 Å². The lowest BCUT2D eigenvalue weighted by atomic mass is 9.92. The standard InChI is InChI=1S/C18H24N2O3S/c1-12-10-20(8-9-24(22,23)11-12)18(21)19-17-15-7-6-13-4-2-3-5-14(13)16(15)17/h2-5,12,15-17H,6-11H2,1H3,(H,19,21)/t12-,15+,16+,17-/m1/s1. The van der Waals surface area contributed by atoms with Crippen molar-refractivity contribution in [1.29, 1.82) is 0 Å². The molecule has 1 aromatic rings. The molecule has 5 nitrogen and oxygen atoms in total. The molecule has 130 valence electrons. The summed E-state index contributed by atoms with van der Waals surface area (Å²) in [4.78, 5) is 14.3. The Labute approximate surface area is 143 Å². The molecule has 6 heteroatoms. The van der Waals surface area contributed by atoms with E-state index >= 15 is 0 Å². The predicted octanol–water partition coefficient (Wildman–Crippen LogP) is 1.79. The number of nitrogens with one attached hydrogen (secondary N) is 1. The van der Waals surface area contributed by atoms with Gasteiger partial charge in [-0.15, -0.1) is 0 Å². The van der Waals surface area contributed by atoms with E-state index in [1.165, 1.54) is 11.1 Å². The van der Waals surface area contributed by atoms with Gasteiger partial charge in [-0.1, -0.05) is 31.2 Å². The van der Waals surface area contributed by atoms with E-state index in [1.807, 2.05) is 6.92 Å². The SMILES string of the molecule is C[C@@H]1CN(C(=O)N[C@@H]2[C@H]3CCc4ccccc4[C@@H]32)CCS(=O)(=O)C1. The van der Waals surface area contributed by atoms with Crippen molar-refractivity contribution in [1.82, 2.24) is 10.2 Å². The molecule has 2 amide bonds. The summed E-state index contributed by atoms with van der Waals surface area (Å²) >= 11 is 0. The first kappa shape index (κ1) is 15.9. The minimum absolute atomic E-state index is 0.00884. The van der Waals surface area contributed by atoms with Gasteiger partial charge in [-0.25, -0.2) is 13.2 Å². The molecule has 0 aromatic heterocycles. The van der Waals surface area contributed by atoms with Crippen molar-refractivity contribution in [2.45, 2.75) is 31.7 Å². The number of carbonyl (C=O) groups is 1. The molecular weight excluding hydrogens is 324 g/mol. The van der Waals surface area contributed by atoms with Gasteiger partial charge in [0, 0.05) is 25.0 Å². The first-order valence-electron chi connectivity index (χ1n) is 8.78. The third-order valence-electron chi connectivity index (χ3n) is 5.65. The quantitative estimate of drug-likeness (QED) is 0.841. The Balaban J connectivity index is 1.43. The van der Waals surface area contributed by atoms with Crippen molar-refractivity contribution in [3.63, 3.8) is 0 Å². The van der Waals surface area contributed by atoms with Gasteiger partial charge >= 0.3 is 6.03 Å². The third kappa shape index (κ3) is 2.92. The molecular formula is C18H24N2O3S. The van der Waals surface area contributed by atoms with E-state index in [9.17, 15) is 13.2 Å². The molecule has 1 N–H and O–H groups in total. The van der Waals surface area contributed by atoms with Gasteiger partial charge in [0.1, 0.15) is 0 Å². The minimum Gasteiger partial charge on any atom is -0.334 e. The molecule has 1 aliphatic heterocycles. The summed E-state index contributed by atoms with van der Waals surface area (Å²) in [6.45, 7) is 2.72. The van der Waals surface area contributed by atoms with Gasteiger partial charge in [0.15, 0.2) is 9.84 Å². The molecule has 0 bridgehead atoms. The Morgan fingerprint density at radius 3 is 2.92 bits per heavy atom. The Morgan fingerprint density at radius 2 is 2.08 bits per heavy atom. The van der Waals surface area contributed by atoms with Crippen LogP contribution in [-0.2, 0) is 16.3 Å². The fourth-order valence-corrected chi connectivity index (χ4v) is 6.11. The molecule has 2 aliphatic carbocycles. The van der Waals surface area contributed by atoms with Crippen LogP contribution < -0.4 is 5.32 Å². The van der Waals surface area contributed by atoms with Crippen LogP contribution in [0.25, 0.3) is 0 Å². The minimum atomic E-state index is -3.03. The average molecular weight is 348 g/mol. The first-order chi connectivity index (χ1) is 11.4. The Hall–Kier alpha value is -1.56. The molecule has 4 rings (SSSR count). The molecule has 4 atom stereocenters. The molecule has 0 radical (unpaired) electrons. The second-order valence-corrected chi connectivity index (χ2v) is 9.80. The second-order valence-electron chi connectivity index (χ2n) is 7.57. The maximum atomic E-state index is 12.6. The zero-order valence-electron chi connectivity index (χ0n) is 13.9. The van der Waals surface area contributed by atoms with Gasteiger partial charge in [0.25, 0.3) is 0 Å². The van der Waals surface area contributed by atoms with Crippen LogP contribution in [0.4, 0.5) is 4.79 Å². The molecule has 0 unspecified atom stereocenters. The smallest absolute Gasteiger partial charge is 0.317 e. The monoisotopic (exact) mass is 348 g/mol. The number of amides is 2. The molecule has 0 spiro atoms. The number of hydrogen-bond donors (Lipinski definition) is 1. The Bertz CT molecular complexity index is 761. The van der Waals surface area contributed by atoms with Crippen LogP contribution in [0.1, 0.15) is 30.4 Å². The number of hydrogen-bond acceptors (Lipinski definition) is 3. The first-order valence-corrected chi connectivity index (χ1v) is 10.6. The van der Waals surface area contributed by atoms with Crippen LogP contribution in [-0.4, -0.2) is 50.0 Å². The second kappa shape index (κ2) is 5.76. The van der Waals surface area contributed by atoms with E-state index in [-0.39, 0.29) is 29.5 Å². The molecule has 2 fully saturated rings. The third-order valence-corrected chi connectivity index (χ3v) is 7.53. The van der Waals surface area contributed by atoms with Crippen LogP contribution in [0.2, 0.25) is 0 Å². The zero-order valence-corrected chi connectivity index (χ0v) is 14.8. The van der Waals surface area contributed by atoms with Crippen LogP contribution in [0.15, 0.2) is 24.3 Å². The fourth-order valence-electron chi connectivity index (χ4n) is 4.47. The summed E-state index contributed by atoms with van der Waals surface area (Å²) in [5.74, 6) is 1.22. The summed E-state index contributed by atoms with van der Waals surface area (Å²) in [5.41, 5.74) is 2.79. The van der Waals surface area contributed by atoms with Crippen LogP contribution >= 0.6 is 0 Å². The summed E-state index contributed by atoms with van der Waals surface area (Å²) in [6.07, 6.45) is 2.21. The fraction of sp³-hybridized carbons (Fsp3) is 0.611. The largest absolute Gasteiger partial charge is 0.334 e. The molecule has 1 heterocycles. The van der Waals surface area contributed by atoms with Gasteiger partial charge in [-0.2, -0.15) is 0 Å². The number of aryl methyl sites for hydroxylation is 1. The Morgan fingerprint density at radius 1 is 1.29 bits per heavy atom. The summed E-state index contributed by atoms with van der Waals surface area (Å²) in [5, 5.41) is 3.17. The lowest BCUT2D eigenvalue weighted by molar-refractivity contribution is 0.195. The van der Waals surface area contributed by atoms with E-state index in [0.29, 0.717) is 24.9 Å². The number of nitrogens with zero attached hydrogens (tertiary/aromatic N) is 1. The molecule has 3 aliphatic rings. The lowest BCUT2D eigenvalue weighted by Crippen LogP contribution is -2.44. The Kier molecular flexibility index (Phi) is 3.82. The van der Waals surface area contributed by atoms with E-state index in [2.05, 4.69) is 29.6 Å². The summed E-state index contributed by atoms with van der Waals surface area (Å²) in [6, 6.07) is 8.61. The van der Waals surface area contributed by atoms with Gasteiger partial charge < -0.3 is 10.2 Å². The topological polar surface area (TPSA) is 66.5 Å². The maximum Gasteiger partial charge on any atom is 0.317 e. The van der Waals surface area contributed by atoms with Gasteiger partial charge in [0.05, 0.1) is 11.5 Å². The van der Waals surface area contributed by atoms with Crippen molar-refractivity contribution in [2.24, 2.45) is 11.8 Å². The highest BCUT2D eigenvalue weighted by molar-refractivity contribution is 7.91. The predicted molar refractivity (Wildman–Crippen MR) is 92.7 cm³/mol. The van der Waals surface area contributed by atoms with Crippen LogP contribution in [0.3, 0.4) is 0 Å². The van der Waals surface area contributed by atoms with Crippen molar-refractivity contribution in [3.05, 3.63) is 35.4 Å². The number of fused-ring (bicyclic) bond motifs is 3. The van der Waals surface area contributed by atoms with E-state index in [4.69, 9.17) is 0 Å². The number of urea groups is 1. The zero-order chi connectivity index (χ0) is 16.9. The number of sulfone groups is 1. The van der Waals surface area contributed by atoms with E-state index in [1.54, 1.807) is 4.90 Å². The summed E-state index contributed by atoms with van der Waals surface area (Å²) in [7, 11) is -3.03. The van der Waals surface area contributed by atoms with Gasteiger partial charge in [-0.05, 0) is 35.8 Å². The highest BCUT2D eigenvalue weighted by Gasteiger charge is 2.54. The van der Waals surface area contributed by atoms with Gasteiger partial charge in [-0.3, -0.25) is 0 Å². The molecule has 1 saturated heterocycles. The van der Waals surface area contributed by atoms with Crippen molar-refractivity contribution in [2.75, 3.05) is 24.6 Å². The van der Waals surface area contributed by atoms with Crippen molar-refractivity contribution >= 4 is 15.9 Å². The van der Waals surface area contributed by atoms with E-state index < -0.39 is 9.84 Å². The molecule has 24 heavy (non-hydrogen) atoms. The maximum absolute atomic E-state index is 12.6. The lowest BCUT2D eigenvalue weighted by Gasteiger charge is -2.22. The average Bonchev–Trinajstić information content (AvgIpc) is 3.26. The highest BCUT2D eigenvalue weighted by Crippen LogP contribution is 2.54. The highest BCUT2D eigenvalue weighted by atomic mass is 32.2. The number of benzene rings is 1. The summed E-state index contributed by atoms with van der Waals surface area (Å²) < 4.78 is 23.7. The number of carbonyl (C=O) groups excluding carboxylic acids is 1. The normalized spacial score (nSPS) is 33.8. The van der Waals surface area contributed by atoms with Crippen molar-refractivity contribution < 1.29 is 13.2 Å². The van der Waals surface area contributed by atoms with Crippen LogP contribution in [0, 0.1) is 11.8 Å². The molecule has 1 saturated carbocycles. The molecule has 1 aromatic carbocycles. The van der Waals surface area contributed by atoms with E-state index in [0.717, 1.165) is 12.8 Å². The van der Waals surface area contributed by atoms with Crippen LogP contribution in [0.5, 0.6) is 0 Å². The number of rotatable bonds is 1.